The lowest BCUT2D eigenvalue weighted by Crippen LogP contribution is -2.13. The van der Waals surface area contributed by atoms with Gasteiger partial charge in [-0.25, -0.2) is 12.8 Å². The SMILES string of the molecule is COc1ccc(S(=O)(=O)Nc2cccc(C=Cc3cc(OC)c(OC)c(OC)c3)c2)cc1F. The van der Waals surface area contributed by atoms with Gasteiger partial charge in [-0.1, -0.05) is 24.3 Å². The highest BCUT2D eigenvalue weighted by molar-refractivity contribution is 7.92. The standard InChI is InChI=1S/C24H24FNO6S/c1-29-21-11-10-19(15-20(21)25)33(27,28)26-18-7-5-6-16(12-18)8-9-17-13-22(30-2)24(32-4)23(14-17)31-3/h5-15,26H,1-4H3. The normalized spacial score (nSPS) is 11.3. The molecule has 33 heavy (non-hydrogen) atoms. The Morgan fingerprint density at radius 2 is 1.39 bits per heavy atom. The molecule has 0 radical (unpaired) electrons. The Balaban J connectivity index is 1.84. The molecule has 0 heterocycles. The lowest BCUT2D eigenvalue weighted by atomic mass is 10.1. The maximum atomic E-state index is 13.9. The third-order valence-electron chi connectivity index (χ3n) is 4.73. The molecular weight excluding hydrogens is 449 g/mol. The van der Waals surface area contributed by atoms with E-state index in [1.807, 2.05) is 18.2 Å². The molecule has 0 saturated heterocycles. The molecule has 3 aromatic rings. The molecule has 7 nitrogen and oxygen atoms in total. The number of nitrogens with one attached hydrogen (secondary N) is 1. The first-order chi connectivity index (χ1) is 15.8. The highest BCUT2D eigenvalue weighted by atomic mass is 32.2. The smallest absolute Gasteiger partial charge is 0.262 e. The van der Waals surface area contributed by atoms with Crippen LogP contribution in [0.3, 0.4) is 0 Å². The first kappa shape index (κ1) is 23.9. The molecule has 0 unspecified atom stereocenters. The van der Waals surface area contributed by atoms with Crippen molar-refractivity contribution in [1.29, 1.82) is 0 Å². The summed E-state index contributed by atoms with van der Waals surface area (Å²) < 4.78 is 62.6. The van der Waals surface area contributed by atoms with Gasteiger partial charge >= 0.3 is 0 Å². The zero-order chi connectivity index (χ0) is 24.0. The van der Waals surface area contributed by atoms with E-state index in [1.54, 1.807) is 30.3 Å². The zero-order valence-electron chi connectivity index (χ0n) is 18.6. The second-order valence-electron chi connectivity index (χ2n) is 6.82. The Morgan fingerprint density at radius 1 is 0.758 bits per heavy atom. The van der Waals surface area contributed by atoms with Crippen LogP contribution >= 0.6 is 0 Å². The highest BCUT2D eigenvalue weighted by Gasteiger charge is 2.17. The number of halogens is 1. The molecule has 0 atom stereocenters. The molecule has 0 aliphatic heterocycles. The van der Waals surface area contributed by atoms with E-state index in [9.17, 15) is 12.8 Å². The van der Waals surface area contributed by atoms with Gasteiger partial charge < -0.3 is 18.9 Å². The largest absolute Gasteiger partial charge is 0.494 e. The molecule has 0 aliphatic rings. The van der Waals surface area contributed by atoms with E-state index in [-0.39, 0.29) is 10.6 Å². The van der Waals surface area contributed by atoms with Crippen molar-refractivity contribution in [2.45, 2.75) is 4.90 Å². The van der Waals surface area contributed by atoms with Gasteiger partial charge in [0, 0.05) is 5.69 Å². The molecule has 0 bridgehead atoms. The van der Waals surface area contributed by atoms with E-state index in [0.717, 1.165) is 17.2 Å². The van der Waals surface area contributed by atoms with Gasteiger partial charge in [0.15, 0.2) is 23.1 Å². The van der Waals surface area contributed by atoms with E-state index < -0.39 is 15.8 Å². The number of ether oxygens (including phenoxy) is 4. The molecule has 3 aromatic carbocycles. The molecule has 9 heteroatoms. The summed E-state index contributed by atoms with van der Waals surface area (Å²) in [5, 5.41) is 0. The maximum absolute atomic E-state index is 13.9. The van der Waals surface area contributed by atoms with Gasteiger partial charge in [-0.15, -0.1) is 0 Å². The van der Waals surface area contributed by atoms with Crippen LogP contribution in [-0.4, -0.2) is 36.9 Å². The fourth-order valence-electron chi connectivity index (χ4n) is 3.12. The second kappa shape index (κ2) is 10.3. The highest BCUT2D eigenvalue weighted by Crippen LogP contribution is 2.38. The topological polar surface area (TPSA) is 83.1 Å². The van der Waals surface area contributed by atoms with Crippen molar-refractivity contribution in [3.05, 3.63) is 71.5 Å². The summed E-state index contributed by atoms with van der Waals surface area (Å²) in [7, 11) is 1.92. The monoisotopic (exact) mass is 473 g/mol. The fraction of sp³-hybridized carbons (Fsp3) is 0.167. The van der Waals surface area contributed by atoms with Gasteiger partial charge in [0.25, 0.3) is 10.0 Å². The summed E-state index contributed by atoms with van der Waals surface area (Å²) in [5.41, 5.74) is 1.87. The van der Waals surface area contributed by atoms with Gasteiger partial charge in [0.2, 0.25) is 5.75 Å². The molecule has 0 saturated carbocycles. The first-order valence-electron chi connectivity index (χ1n) is 9.75. The van der Waals surface area contributed by atoms with Gasteiger partial charge in [0.1, 0.15) is 0 Å². The van der Waals surface area contributed by atoms with E-state index in [4.69, 9.17) is 18.9 Å². The van der Waals surface area contributed by atoms with Crippen molar-refractivity contribution in [3.8, 4) is 23.0 Å². The van der Waals surface area contributed by atoms with Crippen LogP contribution in [0, 0.1) is 5.82 Å². The Kier molecular flexibility index (Phi) is 7.44. The number of hydrogen-bond acceptors (Lipinski definition) is 6. The number of sulfonamides is 1. The van der Waals surface area contributed by atoms with Gasteiger partial charge in [0.05, 0.1) is 33.3 Å². The Hall–Kier alpha value is -3.72. The van der Waals surface area contributed by atoms with Crippen molar-refractivity contribution in [1.82, 2.24) is 0 Å². The molecule has 174 valence electrons. The third kappa shape index (κ3) is 5.56. The van der Waals surface area contributed by atoms with Gasteiger partial charge in [-0.2, -0.15) is 0 Å². The number of benzene rings is 3. The number of hydrogen-bond donors (Lipinski definition) is 1. The van der Waals surface area contributed by atoms with Gasteiger partial charge in [-0.05, 0) is 53.6 Å². The van der Waals surface area contributed by atoms with Crippen molar-refractivity contribution in [2.75, 3.05) is 33.2 Å². The third-order valence-corrected chi connectivity index (χ3v) is 6.11. The van der Waals surface area contributed by atoms with E-state index >= 15 is 0 Å². The van der Waals surface area contributed by atoms with Crippen molar-refractivity contribution in [2.24, 2.45) is 0 Å². The van der Waals surface area contributed by atoms with Crippen molar-refractivity contribution in [3.63, 3.8) is 0 Å². The fourth-order valence-corrected chi connectivity index (χ4v) is 4.19. The van der Waals surface area contributed by atoms with Crippen LogP contribution in [0.4, 0.5) is 10.1 Å². The van der Waals surface area contributed by atoms with E-state index in [2.05, 4.69) is 4.72 Å². The molecule has 0 amide bonds. The summed E-state index contributed by atoms with van der Waals surface area (Å²) >= 11 is 0. The van der Waals surface area contributed by atoms with Crippen molar-refractivity contribution >= 4 is 27.9 Å². The van der Waals surface area contributed by atoms with Crippen LogP contribution < -0.4 is 23.7 Å². The van der Waals surface area contributed by atoms with E-state index in [1.165, 1.54) is 40.6 Å². The minimum absolute atomic E-state index is 0.0344. The van der Waals surface area contributed by atoms with E-state index in [0.29, 0.717) is 22.9 Å². The van der Waals surface area contributed by atoms with Crippen LogP contribution in [0.25, 0.3) is 12.2 Å². The van der Waals surface area contributed by atoms with Gasteiger partial charge in [-0.3, -0.25) is 4.72 Å². The molecule has 0 spiro atoms. The zero-order valence-corrected chi connectivity index (χ0v) is 19.4. The quantitative estimate of drug-likeness (QED) is 0.448. The summed E-state index contributed by atoms with van der Waals surface area (Å²) in [4.78, 5) is -0.209. The Labute approximate surface area is 192 Å². The predicted molar refractivity (Wildman–Crippen MR) is 125 cm³/mol. The van der Waals surface area contributed by atoms with Crippen LogP contribution in [0.5, 0.6) is 23.0 Å². The Bertz CT molecular complexity index is 1250. The second-order valence-corrected chi connectivity index (χ2v) is 8.50. The van der Waals surface area contributed by atoms with Crippen LogP contribution in [-0.2, 0) is 10.0 Å². The van der Waals surface area contributed by atoms with Crippen LogP contribution in [0.1, 0.15) is 11.1 Å². The summed E-state index contributed by atoms with van der Waals surface area (Å²) in [5.74, 6) is 0.730. The number of anilines is 1. The van der Waals surface area contributed by atoms with Crippen molar-refractivity contribution < 1.29 is 31.8 Å². The van der Waals surface area contributed by atoms with Crippen LogP contribution in [0.2, 0.25) is 0 Å². The predicted octanol–water partition coefficient (Wildman–Crippen LogP) is 4.83. The molecular formula is C24H24FNO6S. The average Bonchev–Trinajstić information content (AvgIpc) is 2.81. The molecule has 3 rings (SSSR count). The molecule has 0 fully saturated rings. The lowest BCUT2D eigenvalue weighted by molar-refractivity contribution is 0.324. The molecule has 1 N–H and O–H groups in total. The summed E-state index contributed by atoms with van der Waals surface area (Å²) in [6.07, 6.45) is 3.64. The number of methoxy groups -OCH3 is 4. The molecule has 0 aromatic heterocycles. The minimum atomic E-state index is -3.99. The minimum Gasteiger partial charge on any atom is -0.494 e. The lowest BCUT2D eigenvalue weighted by Gasteiger charge is -2.13. The first-order valence-corrected chi connectivity index (χ1v) is 11.2. The average molecular weight is 474 g/mol. The maximum Gasteiger partial charge on any atom is 0.262 e. The molecule has 0 aliphatic carbocycles. The van der Waals surface area contributed by atoms with Crippen LogP contribution in [0.15, 0.2) is 59.5 Å². The summed E-state index contributed by atoms with van der Waals surface area (Å²) in [6.45, 7) is 0. The Morgan fingerprint density at radius 3 is 1.97 bits per heavy atom. The number of rotatable bonds is 9. The summed E-state index contributed by atoms with van der Waals surface area (Å²) in [6, 6.07) is 13.8.